The van der Waals surface area contributed by atoms with Gasteiger partial charge in [0.25, 0.3) is 0 Å². The first-order valence-corrected chi connectivity index (χ1v) is 7.66. The zero-order chi connectivity index (χ0) is 16.5. The van der Waals surface area contributed by atoms with Gasteiger partial charge in [0, 0.05) is 0 Å². The lowest BCUT2D eigenvalue weighted by Crippen LogP contribution is -2.27. The summed E-state index contributed by atoms with van der Waals surface area (Å²) >= 11 is 0. The van der Waals surface area contributed by atoms with Crippen LogP contribution in [0.5, 0.6) is 5.75 Å². The third-order valence-electron chi connectivity index (χ3n) is 3.03. The molecule has 0 unspecified atom stereocenters. The number of carbonyl (C=O) groups is 1. The van der Waals surface area contributed by atoms with Crippen LogP contribution in [0.4, 0.5) is 0 Å². The molecule has 0 amide bonds. The molecule has 5 nitrogen and oxygen atoms in total. The highest BCUT2D eigenvalue weighted by Gasteiger charge is 2.18. The number of hydrogen-bond acceptors (Lipinski definition) is 4. The van der Waals surface area contributed by atoms with Crippen LogP contribution >= 0.6 is 0 Å². The number of carboxylic acid groups (broad SMARTS) is 1. The van der Waals surface area contributed by atoms with Gasteiger partial charge in [-0.1, -0.05) is 12.1 Å². The van der Waals surface area contributed by atoms with Crippen molar-refractivity contribution < 1.29 is 24.5 Å². The molecule has 124 valence electrons. The molecule has 0 bridgehead atoms. The van der Waals surface area contributed by atoms with Crippen LogP contribution in [0.15, 0.2) is 24.3 Å². The molecule has 2 N–H and O–H groups in total. The lowest BCUT2D eigenvalue weighted by atomic mass is 10.1. The van der Waals surface area contributed by atoms with E-state index in [2.05, 4.69) is 0 Å². The van der Waals surface area contributed by atoms with E-state index in [4.69, 9.17) is 14.6 Å². The van der Waals surface area contributed by atoms with Crippen LogP contribution in [0, 0.1) is 0 Å². The van der Waals surface area contributed by atoms with E-state index < -0.39 is 18.2 Å². The van der Waals surface area contributed by atoms with Gasteiger partial charge in [-0.2, -0.15) is 0 Å². The van der Waals surface area contributed by atoms with E-state index in [1.165, 1.54) is 0 Å². The average Bonchev–Trinajstić information content (AvgIpc) is 2.44. The van der Waals surface area contributed by atoms with Gasteiger partial charge >= 0.3 is 5.97 Å². The van der Waals surface area contributed by atoms with Crippen LogP contribution < -0.4 is 4.74 Å². The molecule has 5 heteroatoms. The Bertz CT molecular complexity index is 456. The molecular weight excluding hydrogens is 284 g/mol. The molecule has 1 rings (SSSR count). The summed E-state index contributed by atoms with van der Waals surface area (Å²) in [4.78, 5) is 11.1. The predicted octanol–water partition coefficient (Wildman–Crippen LogP) is 2.65. The Morgan fingerprint density at radius 2 is 2.00 bits per heavy atom. The Morgan fingerprint density at radius 3 is 2.59 bits per heavy atom. The molecule has 0 radical (unpaired) electrons. The topological polar surface area (TPSA) is 76.0 Å². The fourth-order valence-corrected chi connectivity index (χ4v) is 2.08. The number of aliphatic hydroxyl groups excluding tert-OH is 1. The molecule has 0 saturated carbocycles. The van der Waals surface area contributed by atoms with Gasteiger partial charge in [-0.05, 0) is 57.7 Å². The van der Waals surface area contributed by atoms with Crippen molar-refractivity contribution in [3.63, 3.8) is 0 Å². The van der Waals surface area contributed by atoms with Gasteiger partial charge in [0.2, 0.25) is 0 Å². The van der Waals surface area contributed by atoms with Crippen LogP contribution in [0.25, 0.3) is 0 Å². The van der Waals surface area contributed by atoms with E-state index in [1.54, 1.807) is 6.92 Å². The maximum absolute atomic E-state index is 11.1. The summed E-state index contributed by atoms with van der Waals surface area (Å²) in [5.41, 5.74) is 1.08. The number of ether oxygens (including phenoxy) is 2. The Labute approximate surface area is 131 Å². The SMILES string of the molecule is CC(C)O[C@@H](CCCc1cccc(OC[C@H](C)O)c1)C(=O)O. The van der Waals surface area contributed by atoms with Gasteiger partial charge in [-0.15, -0.1) is 0 Å². The van der Waals surface area contributed by atoms with E-state index in [1.807, 2.05) is 38.1 Å². The second-order valence-corrected chi connectivity index (χ2v) is 5.71. The molecule has 0 heterocycles. The van der Waals surface area contributed by atoms with Crippen molar-refractivity contribution in [2.45, 2.75) is 58.3 Å². The molecule has 2 atom stereocenters. The largest absolute Gasteiger partial charge is 0.491 e. The smallest absolute Gasteiger partial charge is 0.332 e. The van der Waals surface area contributed by atoms with Crippen LogP contribution in [0.2, 0.25) is 0 Å². The second-order valence-electron chi connectivity index (χ2n) is 5.71. The molecular formula is C17H26O5. The van der Waals surface area contributed by atoms with Crippen molar-refractivity contribution in [1.29, 1.82) is 0 Å². The fraction of sp³-hybridized carbons (Fsp3) is 0.588. The first-order chi connectivity index (χ1) is 10.4. The standard InChI is InChI=1S/C17H26O5/c1-12(2)22-16(17(19)20)9-5-7-14-6-4-8-15(10-14)21-11-13(3)18/h4,6,8,10,12-13,16,18H,5,7,9,11H2,1-3H3,(H,19,20)/t13-,16-/m0/s1. The minimum absolute atomic E-state index is 0.0988. The number of benzene rings is 1. The van der Waals surface area contributed by atoms with Gasteiger partial charge in [-0.3, -0.25) is 0 Å². The third-order valence-corrected chi connectivity index (χ3v) is 3.03. The van der Waals surface area contributed by atoms with Crippen molar-refractivity contribution in [3.8, 4) is 5.75 Å². The monoisotopic (exact) mass is 310 g/mol. The molecule has 0 aromatic heterocycles. The normalized spacial score (nSPS) is 13.9. The number of aryl methyl sites for hydroxylation is 1. The maximum Gasteiger partial charge on any atom is 0.332 e. The molecule has 0 spiro atoms. The zero-order valence-corrected chi connectivity index (χ0v) is 13.5. The number of hydrogen-bond donors (Lipinski definition) is 2. The van der Waals surface area contributed by atoms with Gasteiger partial charge in [0.05, 0.1) is 12.2 Å². The highest BCUT2D eigenvalue weighted by Crippen LogP contribution is 2.17. The summed E-state index contributed by atoms with van der Waals surface area (Å²) in [5, 5.41) is 18.3. The van der Waals surface area contributed by atoms with E-state index in [0.29, 0.717) is 12.2 Å². The van der Waals surface area contributed by atoms with Gasteiger partial charge < -0.3 is 19.7 Å². The fourth-order valence-electron chi connectivity index (χ4n) is 2.08. The number of carboxylic acids is 1. The Kier molecular flexibility index (Phi) is 7.91. The van der Waals surface area contributed by atoms with Crippen LogP contribution in [-0.4, -0.2) is 41.1 Å². The maximum atomic E-state index is 11.1. The Hall–Kier alpha value is -1.59. The number of aliphatic hydroxyl groups is 1. The molecule has 1 aromatic rings. The van der Waals surface area contributed by atoms with Crippen LogP contribution in [-0.2, 0) is 16.0 Å². The quantitative estimate of drug-likeness (QED) is 0.695. The van der Waals surface area contributed by atoms with Crippen molar-refractivity contribution >= 4 is 5.97 Å². The summed E-state index contributed by atoms with van der Waals surface area (Å²) in [6.45, 7) is 5.59. The lowest BCUT2D eigenvalue weighted by Gasteiger charge is -2.16. The molecule has 0 aliphatic heterocycles. The Balaban J connectivity index is 2.46. The van der Waals surface area contributed by atoms with E-state index >= 15 is 0 Å². The highest BCUT2D eigenvalue weighted by molar-refractivity contribution is 5.72. The van der Waals surface area contributed by atoms with Crippen LogP contribution in [0.1, 0.15) is 39.2 Å². The molecule has 22 heavy (non-hydrogen) atoms. The van der Waals surface area contributed by atoms with Crippen molar-refractivity contribution in [3.05, 3.63) is 29.8 Å². The summed E-state index contributed by atoms with van der Waals surface area (Å²) in [6, 6.07) is 7.63. The third kappa shape index (κ3) is 7.43. The molecule has 0 fully saturated rings. The molecule has 1 aromatic carbocycles. The van der Waals surface area contributed by atoms with E-state index in [9.17, 15) is 9.90 Å². The number of aliphatic carboxylic acids is 1. The molecule has 0 saturated heterocycles. The first-order valence-electron chi connectivity index (χ1n) is 7.66. The summed E-state index contributed by atoms with van der Waals surface area (Å²) in [5.74, 6) is -0.200. The van der Waals surface area contributed by atoms with Crippen LogP contribution in [0.3, 0.4) is 0 Å². The average molecular weight is 310 g/mol. The first kappa shape index (κ1) is 18.5. The molecule has 0 aliphatic rings. The van der Waals surface area contributed by atoms with E-state index in [0.717, 1.165) is 18.4 Å². The van der Waals surface area contributed by atoms with Crippen molar-refractivity contribution in [2.24, 2.45) is 0 Å². The summed E-state index contributed by atoms with van der Waals surface area (Å²) in [7, 11) is 0. The molecule has 0 aliphatic carbocycles. The summed E-state index contributed by atoms with van der Waals surface area (Å²) < 4.78 is 10.8. The second kappa shape index (κ2) is 9.43. The van der Waals surface area contributed by atoms with Crippen molar-refractivity contribution in [1.82, 2.24) is 0 Å². The Morgan fingerprint density at radius 1 is 1.27 bits per heavy atom. The van der Waals surface area contributed by atoms with Crippen molar-refractivity contribution in [2.75, 3.05) is 6.61 Å². The lowest BCUT2D eigenvalue weighted by molar-refractivity contribution is -0.153. The van der Waals surface area contributed by atoms with Gasteiger partial charge in [-0.25, -0.2) is 4.79 Å². The summed E-state index contributed by atoms with van der Waals surface area (Å²) in [6.07, 6.45) is 0.605. The van der Waals surface area contributed by atoms with Gasteiger partial charge in [0.1, 0.15) is 12.4 Å². The zero-order valence-electron chi connectivity index (χ0n) is 13.5. The number of rotatable bonds is 10. The minimum atomic E-state index is -0.914. The predicted molar refractivity (Wildman–Crippen MR) is 84.2 cm³/mol. The minimum Gasteiger partial charge on any atom is -0.491 e. The van der Waals surface area contributed by atoms with E-state index in [-0.39, 0.29) is 12.7 Å². The highest BCUT2D eigenvalue weighted by atomic mass is 16.5. The van der Waals surface area contributed by atoms with Gasteiger partial charge in [0.15, 0.2) is 6.10 Å².